The molecule has 6 heteroatoms. The van der Waals surface area contributed by atoms with Crippen molar-refractivity contribution in [3.63, 3.8) is 0 Å². The SMILES string of the molecule is CN(C[C@@H](O)C1CC1)c1ncnc2c1cnn2-c1ccccc1. The van der Waals surface area contributed by atoms with Gasteiger partial charge in [-0.05, 0) is 30.9 Å². The van der Waals surface area contributed by atoms with E-state index in [0.29, 0.717) is 12.5 Å². The Hall–Kier alpha value is -2.47. The van der Waals surface area contributed by atoms with Gasteiger partial charge >= 0.3 is 0 Å². The summed E-state index contributed by atoms with van der Waals surface area (Å²) >= 11 is 0. The van der Waals surface area contributed by atoms with Crippen LogP contribution in [0.5, 0.6) is 0 Å². The number of rotatable bonds is 5. The van der Waals surface area contributed by atoms with E-state index in [1.165, 1.54) is 0 Å². The first-order valence-corrected chi connectivity index (χ1v) is 7.87. The maximum atomic E-state index is 10.2. The Morgan fingerprint density at radius 2 is 2.04 bits per heavy atom. The lowest BCUT2D eigenvalue weighted by atomic mass is 10.2. The van der Waals surface area contributed by atoms with Gasteiger partial charge in [0.2, 0.25) is 0 Å². The molecule has 0 radical (unpaired) electrons. The Balaban J connectivity index is 1.70. The molecular formula is C17H19N5O. The van der Waals surface area contributed by atoms with Crippen molar-refractivity contribution < 1.29 is 5.11 Å². The predicted molar refractivity (Wildman–Crippen MR) is 88.7 cm³/mol. The Kier molecular flexibility index (Phi) is 3.46. The molecule has 1 saturated carbocycles. The zero-order chi connectivity index (χ0) is 15.8. The summed E-state index contributed by atoms with van der Waals surface area (Å²) in [7, 11) is 1.95. The summed E-state index contributed by atoms with van der Waals surface area (Å²) in [5.41, 5.74) is 1.74. The summed E-state index contributed by atoms with van der Waals surface area (Å²) < 4.78 is 1.81. The standard InChI is InChI=1S/C17H19N5O/c1-21(10-15(23)12-7-8-12)16-14-9-20-22(17(14)19-11-18-16)13-5-3-2-4-6-13/h2-6,9,11-12,15,23H,7-8,10H2,1H3/t15-/m1/s1. The second-order valence-electron chi connectivity index (χ2n) is 6.11. The van der Waals surface area contributed by atoms with Crippen LogP contribution in [0.3, 0.4) is 0 Å². The molecule has 0 aliphatic heterocycles. The minimum absolute atomic E-state index is 0.297. The van der Waals surface area contributed by atoms with E-state index in [9.17, 15) is 5.11 Å². The third-order valence-electron chi connectivity index (χ3n) is 4.33. The monoisotopic (exact) mass is 309 g/mol. The van der Waals surface area contributed by atoms with Gasteiger partial charge in [-0.1, -0.05) is 18.2 Å². The average Bonchev–Trinajstić information content (AvgIpc) is 3.34. The van der Waals surface area contributed by atoms with Gasteiger partial charge in [-0.25, -0.2) is 14.6 Å². The average molecular weight is 309 g/mol. The molecule has 1 aliphatic carbocycles. The first-order chi connectivity index (χ1) is 11.2. The summed E-state index contributed by atoms with van der Waals surface area (Å²) in [5, 5.41) is 15.5. The van der Waals surface area contributed by atoms with Crippen LogP contribution in [0.25, 0.3) is 16.7 Å². The first-order valence-electron chi connectivity index (χ1n) is 7.87. The largest absolute Gasteiger partial charge is 0.391 e. The molecule has 23 heavy (non-hydrogen) atoms. The first kappa shape index (κ1) is 14.1. The number of aliphatic hydroxyl groups is 1. The van der Waals surface area contributed by atoms with Gasteiger partial charge in [0.1, 0.15) is 12.1 Å². The number of hydrogen-bond donors (Lipinski definition) is 1. The van der Waals surface area contributed by atoms with Crippen molar-refractivity contribution in [1.82, 2.24) is 19.7 Å². The maximum Gasteiger partial charge on any atom is 0.168 e. The smallest absolute Gasteiger partial charge is 0.168 e. The summed E-state index contributed by atoms with van der Waals surface area (Å²) in [6.45, 7) is 0.577. The van der Waals surface area contributed by atoms with Gasteiger partial charge in [0.05, 0.1) is 23.4 Å². The molecule has 0 unspecified atom stereocenters. The highest BCUT2D eigenvalue weighted by Crippen LogP contribution is 2.33. The van der Waals surface area contributed by atoms with E-state index in [1.807, 2.05) is 47.0 Å². The van der Waals surface area contributed by atoms with Gasteiger partial charge in [-0.3, -0.25) is 0 Å². The third kappa shape index (κ3) is 2.66. The highest BCUT2D eigenvalue weighted by molar-refractivity contribution is 5.87. The van der Waals surface area contributed by atoms with Crippen LogP contribution >= 0.6 is 0 Å². The molecule has 0 bridgehead atoms. The minimum atomic E-state index is -0.297. The number of nitrogens with zero attached hydrogens (tertiary/aromatic N) is 5. The quantitative estimate of drug-likeness (QED) is 0.781. The molecule has 0 saturated heterocycles. The Bertz CT molecular complexity index is 812. The number of fused-ring (bicyclic) bond motifs is 1. The van der Waals surface area contributed by atoms with Crippen molar-refractivity contribution in [2.24, 2.45) is 5.92 Å². The lowest BCUT2D eigenvalue weighted by Gasteiger charge is -2.21. The van der Waals surface area contributed by atoms with Gasteiger partial charge in [0, 0.05) is 13.6 Å². The van der Waals surface area contributed by atoms with Crippen LogP contribution in [0.2, 0.25) is 0 Å². The summed E-state index contributed by atoms with van der Waals surface area (Å²) in [4.78, 5) is 10.8. The van der Waals surface area contributed by atoms with Gasteiger partial charge in [-0.2, -0.15) is 5.10 Å². The van der Waals surface area contributed by atoms with Crippen LogP contribution in [-0.2, 0) is 0 Å². The molecule has 118 valence electrons. The van der Waals surface area contributed by atoms with E-state index in [2.05, 4.69) is 15.1 Å². The summed E-state index contributed by atoms with van der Waals surface area (Å²) in [6, 6.07) is 9.92. The van der Waals surface area contributed by atoms with E-state index in [1.54, 1.807) is 12.5 Å². The number of anilines is 1. The van der Waals surface area contributed by atoms with Crippen LogP contribution in [0.4, 0.5) is 5.82 Å². The molecule has 3 aromatic rings. The number of hydrogen-bond acceptors (Lipinski definition) is 5. The molecule has 2 heterocycles. The fourth-order valence-electron chi connectivity index (χ4n) is 2.89. The van der Waals surface area contributed by atoms with Crippen molar-refractivity contribution in [2.45, 2.75) is 18.9 Å². The van der Waals surface area contributed by atoms with Gasteiger partial charge in [0.25, 0.3) is 0 Å². The fraction of sp³-hybridized carbons (Fsp3) is 0.353. The molecule has 4 rings (SSSR count). The normalized spacial score (nSPS) is 15.7. The maximum absolute atomic E-state index is 10.2. The zero-order valence-electron chi connectivity index (χ0n) is 13.0. The summed E-state index contributed by atoms with van der Waals surface area (Å²) in [5.74, 6) is 1.25. The number of para-hydroxylation sites is 1. The molecule has 1 aromatic carbocycles. The van der Waals surface area contributed by atoms with Crippen LogP contribution in [0, 0.1) is 5.92 Å². The van der Waals surface area contributed by atoms with E-state index >= 15 is 0 Å². The highest BCUT2D eigenvalue weighted by atomic mass is 16.3. The second kappa shape index (κ2) is 5.62. The van der Waals surface area contributed by atoms with Crippen molar-refractivity contribution in [2.75, 3.05) is 18.5 Å². The number of benzene rings is 1. The Morgan fingerprint density at radius 1 is 1.26 bits per heavy atom. The molecular weight excluding hydrogens is 290 g/mol. The van der Waals surface area contributed by atoms with E-state index < -0.39 is 0 Å². The van der Waals surface area contributed by atoms with Crippen LogP contribution in [0.1, 0.15) is 12.8 Å². The van der Waals surface area contributed by atoms with Crippen molar-refractivity contribution in [3.8, 4) is 5.69 Å². The lowest BCUT2D eigenvalue weighted by molar-refractivity contribution is 0.158. The molecule has 6 nitrogen and oxygen atoms in total. The minimum Gasteiger partial charge on any atom is -0.391 e. The van der Waals surface area contributed by atoms with Crippen molar-refractivity contribution in [3.05, 3.63) is 42.9 Å². The van der Waals surface area contributed by atoms with Crippen LogP contribution < -0.4 is 4.90 Å². The van der Waals surface area contributed by atoms with Gasteiger partial charge < -0.3 is 10.0 Å². The molecule has 1 N–H and O–H groups in total. The van der Waals surface area contributed by atoms with Crippen molar-refractivity contribution >= 4 is 16.9 Å². The summed E-state index contributed by atoms with van der Waals surface area (Å²) in [6.07, 6.45) is 5.30. The van der Waals surface area contributed by atoms with Crippen molar-refractivity contribution in [1.29, 1.82) is 0 Å². The van der Waals surface area contributed by atoms with Gasteiger partial charge in [-0.15, -0.1) is 0 Å². The fourth-order valence-corrected chi connectivity index (χ4v) is 2.89. The molecule has 1 atom stereocenters. The lowest BCUT2D eigenvalue weighted by Crippen LogP contribution is -2.31. The zero-order valence-corrected chi connectivity index (χ0v) is 13.0. The number of likely N-dealkylation sites (N-methyl/N-ethyl adjacent to an activating group) is 1. The molecule has 1 fully saturated rings. The Morgan fingerprint density at radius 3 is 2.78 bits per heavy atom. The number of aromatic nitrogens is 4. The second-order valence-corrected chi connectivity index (χ2v) is 6.11. The third-order valence-corrected chi connectivity index (χ3v) is 4.33. The predicted octanol–water partition coefficient (Wildman–Crippen LogP) is 2.02. The van der Waals surface area contributed by atoms with Gasteiger partial charge in [0.15, 0.2) is 5.65 Å². The molecule has 0 amide bonds. The Labute approximate surface area is 134 Å². The molecule has 0 spiro atoms. The highest BCUT2D eigenvalue weighted by Gasteiger charge is 2.30. The molecule has 2 aromatic heterocycles. The topological polar surface area (TPSA) is 67.1 Å². The van der Waals surface area contributed by atoms with E-state index in [4.69, 9.17) is 0 Å². The molecule has 1 aliphatic rings. The van der Waals surface area contributed by atoms with Crippen LogP contribution in [0.15, 0.2) is 42.9 Å². The van der Waals surface area contributed by atoms with Crippen LogP contribution in [-0.4, -0.2) is 44.6 Å². The van der Waals surface area contributed by atoms with E-state index in [0.717, 1.165) is 35.4 Å². The van der Waals surface area contributed by atoms with E-state index in [-0.39, 0.29) is 6.10 Å². The number of aliphatic hydroxyl groups excluding tert-OH is 1.